The third-order valence-electron chi connectivity index (χ3n) is 4.86. The van der Waals surface area contributed by atoms with Gasteiger partial charge in [0.25, 0.3) is 0 Å². The quantitative estimate of drug-likeness (QED) is 0.583. The number of nitrogens with one attached hydrogen (secondary N) is 2. The standard InChI is InChI=1S/C27H33N3O4/c1-7-20-13-15-22(16-14-20)24(25(32)28-17-21-11-9-8-10-12-21)30(19(2)3)23(31)18-29-26(33)34-27(4,5)6/h1,8-16,19,24H,17-18H2,2-6H3,(H,28,32)(H,29,33). The van der Waals surface area contributed by atoms with Gasteiger partial charge in [-0.3, -0.25) is 9.59 Å². The molecule has 0 heterocycles. The van der Waals surface area contributed by atoms with Crippen molar-refractivity contribution in [2.75, 3.05) is 6.54 Å². The van der Waals surface area contributed by atoms with E-state index in [9.17, 15) is 14.4 Å². The summed E-state index contributed by atoms with van der Waals surface area (Å²) in [5, 5.41) is 5.41. The highest BCUT2D eigenvalue weighted by atomic mass is 16.6. The molecule has 7 nitrogen and oxygen atoms in total. The molecule has 1 unspecified atom stereocenters. The minimum atomic E-state index is -0.913. The summed E-state index contributed by atoms with van der Waals surface area (Å²) in [5.74, 6) is 1.80. The lowest BCUT2D eigenvalue weighted by Crippen LogP contribution is -2.50. The average molecular weight is 464 g/mol. The Labute approximate surface area is 201 Å². The number of carbonyl (C=O) groups excluding carboxylic acids is 3. The number of hydrogen-bond acceptors (Lipinski definition) is 4. The average Bonchev–Trinajstić information content (AvgIpc) is 2.79. The maximum Gasteiger partial charge on any atom is 0.408 e. The third-order valence-corrected chi connectivity index (χ3v) is 4.86. The van der Waals surface area contributed by atoms with E-state index in [4.69, 9.17) is 11.2 Å². The Kier molecular flexibility index (Phi) is 9.26. The fourth-order valence-electron chi connectivity index (χ4n) is 3.37. The molecule has 0 spiro atoms. The molecule has 0 saturated heterocycles. The van der Waals surface area contributed by atoms with Crippen molar-refractivity contribution < 1.29 is 19.1 Å². The number of carbonyl (C=O) groups is 3. The highest BCUT2D eigenvalue weighted by Gasteiger charge is 2.33. The van der Waals surface area contributed by atoms with Crippen LogP contribution in [0.15, 0.2) is 54.6 Å². The number of rotatable bonds is 8. The van der Waals surface area contributed by atoms with E-state index < -0.39 is 23.6 Å². The van der Waals surface area contributed by atoms with E-state index in [-0.39, 0.29) is 18.5 Å². The van der Waals surface area contributed by atoms with Crippen molar-refractivity contribution in [1.82, 2.24) is 15.5 Å². The van der Waals surface area contributed by atoms with Crippen LogP contribution in [0.25, 0.3) is 0 Å². The second-order valence-corrected chi connectivity index (χ2v) is 9.12. The first-order valence-corrected chi connectivity index (χ1v) is 11.2. The van der Waals surface area contributed by atoms with Gasteiger partial charge in [-0.2, -0.15) is 0 Å². The molecule has 0 aliphatic rings. The zero-order valence-electron chi connectivity index (χ0n) is 20.4. The predicted molar refractivity (Wildman–Crippen MR) is 132 cm³/mol. The summed E-state index contributed by atoms with van der Waals surface area (Å²) in [4.78, 5) is 40.1. The molecule has 7 heteroatoms. The van der Waals surface area contributed by atoms with Gasteiger partial charge >= 0.3 is 6.09 Å². The highest BCUT2D eigenvalue weighted by molar-refractivity contribution is 5.90. The van der Waals surface area contributed by atoms with Crippen molar-refractivity contribution in [3.63, 3.8) is 0 Å². The summed E-state index contributed by atoms with van der Waals surface area (Å²) in [6.07, 6.45) is 4.77. The van der Waals surface area contributed by atoms with Crippen LogP contribution in [0, 0.1) is 12.3 Å². The Morgan fingerprint density at radius 1 is 1.00 bits per heavy atom. The Morgan fingerprint density at radius 2 is 1.62 bits per heavy atom. The van der Waals surface area contributed by atoms with E-state index in [1.165, 1.54) is 4.90 Å². The van der Waals surface area contributed by atoms with Crippen molar-refractivity contribution in [3.05, 3.63) is 71.3 Å². The van der Waals surface area contributed by atoms with Gasteiger partial charge in [0.05, 0.1) is 0 Å². The van der Waals surface area contributed by atoms with Crippen LogP contribution < -0.4 is 10.6 Å². The fraction of sp³-hybridized carbons (Fsp3) is 0.370. The molecular weight excluding hydrogens is 430 g/mol. The van der Waals surface area contributed by atoms with Crippen LogP contribution in [-0.2, 0) is 20.9 Å². The van der Waals surface area contributed by atoms with E-state index in [1.54, 1.807) is 45.0 Å². The Balaban J connectivity index is 2.28. The normalized spacial score (nSPS) is 11.8. The minimum Gasteiger partial charge on any atom is -0.444 e. The first-order valence-electron chi connectivity index (χ1n) is 11.2. The number of hydrogen-bond donors (Lipinski definition) is 2. The largest absolute Gasteiger partial charge is 0.444 e. The smallest absolute Gasteiger partial charge is 0.408 e. The number of amides is 3. The SMILES string of the molecule is C#Cc1ccc(C(C(=O)NCc2ccccc2)N(C(=O)CNC(=O)OC(C)(C)C)C(C)C)cc1. The van der Waals surface area contributed by atoms with Crippen molar-refractivity contribution in [2.45, 2.75) is 58.8 Å². The number of alkyl carbamates (subject to hydrolysis) is 1. The van der Waals surface area contributed by atoms with Crippen LogP contribution in [-0.4, -0.2) is 41.0 Å². The Hall–Kier alpha value is -3.79. The van der Waals surface area contributed by atoms with Crippen molar-refractivity contribution in [3.8, 4) is 12.3 Å². The molecule has 2 rings (SSSR count). The predicted octanol–water partition coefficient (Wildman–Crippen LogP) is 3.79. The molecule has 0 fully saturated rings. The van der Waals surface area contributed by atoms with Crippen LogP contribution in [0.5, 0.6) is 0 Å². The number of ether oxygens (including phenoxy) is 1. The first kappa shape index (κ1) is 26.5. The zero-order valence-corrected chi connectivity index (χ0v) is 20.4. The van der Waals surface area contributed by atoms with Crippen LogP contribution in [0.3, 0.4) is 0 Å². The molecule has 1 atom stereocenters. The number of terminal acetylenes is 1. The summed E-state index contributed by atoms with van der Waals surface area (Å²) < 4.78 is 5.22. The van der Waals surface area contributed by atoms with Gasteiger partial charge in [-0.15, -0.1) is 6.42 Å². The molecule has 34 heavy (non-hydrogen) atoms. The van der Waals surface area contributed by atoms with Gasteiger partial charge in [0.1, 0.15) is 18.2 Å². The lowest BCUT2D eigenvalue weighted by molar-refractivity contribution is -0.142. The molecule has 0 saturated carbocycles. The molecule has 2 aromatic carbocycles. The molecular formula is C27H33N3O4. The molecule has 0 aliphatic carbocycles. The third kappa shape index (κ3) is 7.96. The molecule has 2 N–H and O–H groups in total. The van der Waals surface area contributed by atoms with Crippen LogP contribution in [0.4, 0.5) is 4.79 Å². The fourth-order valence-corrected chi connectivity index (χ4v) is 3.37. The second kappa shape index (κ2) is 11.9. The summed E-state index contributed by atoms with van der Waals surface area (Å²) in [5.41, 5.74) is 1.53. The van der Waals surface area contributed by atoms with E-state index in [1.807, 2.05) is 44.2 Å². The van der Waals surface area contributed by atoms with Crippen molar-refractivity contribution >= 4 is 17.9 Å². The zero-order chi connectivity index (χ0) is 25.3. The van der Waals surface area contributed by atoms with Crippen LogP contribution in [0.2, 0.25) is 0 Å². The van der Waals surface area contributed by atoms with E-state index in [2.05, 4.69) is 16.6 Å². The first-order chi connectivity index (χ1) is 16.0. The minimum absolute atomic E-state index is 0.308. The monoisotopic (exact) mass is 463 g/mol. The van der Waals surface area contributed by atoms with Gasteiger partial charge in [-0.05, 0) is 57.9 Å². The highest BCUT2D eigenvalue weighted by Crippen LogP contribution is 2.24. The molecule has 0 bridgehead atoms. The maximum absolute atomic E-state index is 13.4. The Morgan fingerprint density at radius 3 is 2.15 bits per heavy atom. The van der Waals surface area contributed by atoms with Gasteiger partial charge in [0.15, 0.2) is 0 Å². The van der Waals surface area contributed by atoms with E-state index in [0.29, 0.717) is 17.7 Å². The maximum atomic E-state index is 13.4. The molecule has 180 valence electrons. The second-order valence-electron chi connectivity index (χ2n) is 9.12. The lowest BCUT2D eigenvalue weighted by atomic mass is 10.0. The Bertz CT molecular complexity index is 1020. The molecule has 3 amide bonds. The van der Waals surface area contributed by atoms with Gasteiger partial charge in [-0.1, -0.05) is 48.4 Å². The summed E-state index contributed by atoms with van der Waals surface area (Å²) in [6.45, 7) is 8.86. The topological polar surface area (TPSA) is 87.7 Å². The van der Waals surface area contributed by atoms with E-state index in [0.717, 1.165) is 5.56 Å². The van der Waals surface area contributed by atoms with Crippen LogP contribution in [0.1, 0.15) is 57.4 Å². The lowest BCUT2D eigenvalue weighted by Gasteiger charge is -2.34. The molecule has 0 aliphatic heterocycles. The molecule has 2 aromatic rings. The summed E-state index contributed by atoms with van der Waals surface area (Å²) >= 11 is 0. The summed E-state index contributed by atoms with van der Waals surface area (Å²) in [6, 6.07) is 15.2. The van der Waals surface area contributed by atoms with Crippen LogP contribution >= 0.6 is 0 Å². The van der Waals surface area contributed by atoms with Gasteiger partial charge < -0.3 is 20.3 Å². The summed E-state index contributed by atoms with van der Waals surface area (Å²) in [7, 11) is 0. The van der Waals surface area contributed by atoms with Gasteiger partial charge in [0, 0.05) is 18.2 Å². The number of nitrogens with zero attached hydrogens (tertiary/aromatic N) is 1. The van der Waals surface area contributed by atoms with Crippen molar-refractivity contribution in [2.24, 2.45) is 0 Å². The van der Waals surface area contributed by atoms with Gasteiger partial charge in [-0.25, -0.2) is 4.79 Å². The van der Waals surface area contributed by atoms with Gasteiger partial charge in [0.2, 0.25) is 11.8 Å². The van der Waals surface area contributed by atoms with Crippen molar-refractivity contribution in [1.29, 1.82) is 0 Å². The molecule has 0 radical (unpaired) electrons. The molecule has 0 aromatic heterocycles. The van der Waals surface area contributed by atoms with E-state index >= 15 is 0 Å². The number of benzene rings is 2.